The molecule has 0 fully saturated rings. The van der Waals surface area contributed by atoms with Gasteiger partial charge in [0.05, 0.1) is 19.0 Å². The Balaban J connectivity index is 2.83. The molecule has 0 bridgehead atoms. The summed E-state index contributed by atoms with van der Waals surface area (Å²) in [6.45, 7) is -2.34. The average Bonchev–Trinajstić information content (AvgIpc) is 2.60. The highest BCUT2D eigenvalue weighted by atomic mass is 16.5. The molecule has 2 aromatic rings. The van der Waals surface area contributed by atoms with Gasteiger partial charge >= 0.3 is 0 Å². The average molecular weight is 180 g/mol. The normalized spacial score (nSPS) is 15.0. The van der Waals surface area contributed by atoms with Crippen LogP contribution in [-0.4, -0.2) is 16.9 Å². The summed E-state index contributed by atoms with van der Waals surface area (Å²) >= 11 is 0. The highest BCUT2D eigenvalue weighted by molar-refractivity contribution is 5.89. The third-order valence-electron chi connectivity index (χ3n) is 1.92. The van der Waals surface area contributed by atoms with Crippen LogP contribution >= 0.6 is 0 Å². The molecule has 1 aromatic carbocycles. The van der Waals surface area contributed by atoms with Crippen molar-refractivity contribution in [3.05, 3.63) is 18.3 Å². The summed E-state index contributed by atoms with van der Waals surface area (Å²) in [6, 6.07) is 3.37. The highest BCUT2D eigenvalue weighted by Gasteiger charge is 2.08. The predicted octanol–water partition coefficient (Wildman–Crippen LogP) is 1.16. The molecule has 4 nitrogen and oxygen atoms in total. The number of hydrogen-bond acceptors (Lipinski definition) is 3. The summed E-state index contributed by atoms with van der Waals surface area (Å²) in [5.74, 6) is 0.339. The molecule has 68 valence electrons. The number of rotatable bonds is 1. The third-order valence-corrected chi connectivity index (χ3v) is 1.92. The number of fused-ring (bicyclic) bond motifs is 1. The van der Waals surface area contributed by atoms with E-state index in [-0.39, 0.29) is 0 Å². The number of anilines is 1. The van der Waals surface area contributed by atoms with Gasteiger partial charge in [0.2, 0.25) is 0 Å². The Morgan fingerprint density at radius 1 is 1.62 bits per heavy atom. The van der Waals surface area contributed by atoms with Gasteiger partial charge in [0.1, 0.15) is 5.52 Å². The molecule has 0 radical (unpaired) electrons. The van der Waals surface area contributed by atoms with Crippen molar-refractivity contribution in [1.29, 1.82) is 0 Å². The Morgan fingerprint density at radius 2 is 2.46 bits per heavy atom. The number of aromatic nitrogens is 2. The maximum absolute atomic E-state index is 7.35. The fourth-order valence-corrected chi connectivity index (χ4v) is 1.32. The lowest BCUT2D eigenvalue weighted by atomic mass is 10.2. The second kappa shape index (κ2) is 2.65. The zero-order valence-corrected chi connectivity index (χ0v) is 7.11. The fraction of sp³-hybridized carbons (Fsp3) is 0.222. The predicted molar refractivity (Wildman–Crippen MR) is 51.7 cm³/mol. The molecule has 2 N–H and O–H groups in total. The van der Waals surface area contributed by atoms with Gasteiger partial charge in [-0.1, -0.05) is 0 Å². The van der Waals surface area contributed by atoms with Gasteiger partial charge in [0, 0.05) is 16.5 Å². The van der Waals surface area contributed by atoms with Crippen LogP contribution in [0, 0.1) is 0 Å². The zero-order chi connectivity index (χ0) is 11.9. The summed E-state index contributed by atoms with van der Waals surface area (Å²) < 4.78 is 28.1. The van der Waals surface area contributed by atoms with Crippen molar-refractivity contribution in [2.45, 2.75) is 0 Å². The van der Waals surface area contributed by atoms with E-state index in [1.807, 2.05) is 0 Å². The molecule has 0 unspecified atom stereocenters. The summed E-state index contributed by atoms with van der Waals surface area (Å²) in [7, 11) is 1.45. The molecule has 1 aromatic heterocycles. The van der Waals surface area contributed by atoms with Crippen LogP contribution in [0.3, 0.4) is 0 Å². The monoisotopic (exact) mass is 180 g/mol. The van der Waals surface area contributed by atoms with Crippen molar-refractivity contribution in [2.75, 3.05) is 12.8 Å². The third kappa shape index (κ3) is 1.02. The van der Waals surface area contributed by atoms with Crippen LogP contribution in [-0.2, 0) is 6.98 Å². The van der Waals surface area contributed by atoms with E-state index in [0.29, 0.717) is 22.3 Å². The molecule has 0 aliphatic rings. The van der Waals surface area contributed by atoms with E-state index in [4.69, 9.17) is 14.6 Å². The molecule has 0 aliphatic carbocycles. The SMILES string of the molecule is [2H]C([2H])([2H])n1ncc2ccc(N)c(OC)c21. The van der Waals surface area contributed by atoms with Crippen molar-refractivity contribution in [1.82, 2.24) is 9.78 Å². The number of nitrogens with zero attached hydrogens (tertiary/aromatic N) is 2. The Labute approximate surface area is 80.1 Å². The zero-order valence-electron chi connectivity index (χ0n) is 10.1. The van der Waals surface area contributed by atoms with Gasteiger partial charge < -0.3 is 10.5 Å². The number of nitrogens with two attached hydrogens (primary N) is 1. The first kappa shape index (κ1) is 5.11. The second-order valence-corrected chi connectivity index (χ2v) is 2.68. The van der Waals surface area contributed by atoms with Crippen LogP contribution in [0.15, 0.2) is 18.3 Å². The lowest BCUT2D eigenvalue weighted by Gasteiger charge is -2.06. The molecular formula is C9H11N3O. The first-order valence-corrected chi connectivity index (χ1v) is 3.76. The van der Waals surface area contributed by atoms with E-state index in [1.54, 1.807) is 12.1 Å². The maximum atomic E-state index is 7.35. The van der Waals surface area contributed by atoms with Crippen molar-refractivity contribution in [3.63, 3.8) is 0 Å². The van der Waals surface area contributed by atoms with Crippen molar-refractivity contribution >= 4 is 16.6 Å². The quantitative estimate of drug-likeness (QED) is 0.670. The van der Waals surface area contributed by atoms with Crippen LogP contribution in [0.5, 0.6) is 5.75 Å². The maximum Gasteiger partial charge on any atom is 0.167 e. The van der Waals surface area contributed by atoms with Gasteiger partial charge in [0.25, 0.3) is 0 Å². The number of benzene rings is 1. The largest absolute Gasteiger partial charge is 0.492 e. The van der Waals surface area contributed by atoms with Gasteiger partial charge in [0.15, 0.2) is 5.75 Å². The van der Waals surface area contributed by atoms with E-state index in [2.05, 4.69) is 5.10 Å². The van der Waals surface area contributed by atoms with Gasteiger partial charge in [-0.2, -0.15) is 5.10 Å². The fourth-order valence-electron chi connectivity index (χ4n) is 1.32. The Kier molecular flexibility index (Phi) is 1.04. The van der Waals surface area contributed by atoms with Crippen molar-refractivity contribution < 1.29 is 8.85 Å². The molecule has 13 heavy (non-hydrogen) atoms. The van der Waals surface area contributed by atoms with Crippen LogP contribution in [0.2, 0.25) is 0 Å². The molecule has 0 amide bonds. The summed E-state index contributed by atoms with van der Waals surface area (Å²) in [6.07, 6.45) is 1.48. The minimum atomic E-state index is -2.34. The topological polar surface area (TPSA) is 53.1 Å². The van der Waals surface area contributed by atoms with Crippen LogP contribution in [0.1, 0.15) is 4.11 Å². The lowest BCUT2D eigenvalue weighted by Crippen LogP contribution is -1.96. The highest BCUT2D eigenvalue weighted by Crippen LogP contribution is 2.30. The van der Waals surface area contributed by atoms with Crippen molar-refractivity contribution in [2.24, 2.45) is 6.98 Å². The second-order valence-electron chi connectivity index (χ2n) is 2.68. The molecule has 0 aliphatic heterocycles. The lowest BCUT2D eigenvalue weighted by molar-refractivity contribution is 0.419. The molecule has 1 heterocycles. The van der Waals surface area contributed by atoms with Gasteiger partial charge in [-0.3, -0.25) is 4.68 Å². The Hall–Kier alpha value is -1.71. The van der Waals surface area contributed by atoms with Crippen LogP contribution in [0.4, 0.5) is 5.69 Å². The number of ether oxygens (including phenoxy) is 1. The molecule has 2 rings (SSSR count). The smallest absolute Gasteiger partial charge is 0.167 e. The summed E-state index contributed by atoms with van der Waals surface area (Å²) in [5, 5.41) is 4.52. The van der Waals surface area contributed by atoms with Gasteiger partial charge in [-0.25, -0.2) is 0 Å². The number of hydrogen-bond donors (Lipinski definition) is 1. The summed E-state index contributed by atoms with van der Waals surface area (Å²) in [4.78, 5) is 0. The van der Waals surface area contributed by atoms with Gasteiger partial charge in [-0.05, 0) is 12.1 Å². The molecule has 0 saturated heterocycles. The molecule has 4 heteroatoms. The molecule has 0 spiro atoms. The standard InChI is InChI=1S/C9H11N3O/c1-12-8-6(5-11-12)3-4-7(10)9(8)13-2/h3-5H,10H2,1-2H3/i1D3. The van der Waals surface area contributed by atoms with E-state index in [0.717, 1.165) is 4.68 Å². The van der Waals surface area contributed by atoms with E-state index >= 15 is 0 Å². The van der Waals surface area contributed by atoms with Gasteiger partial charge in [-0.15, -0.1) is 0 Å². The number of nitrogen functional groups attached to an aromatic ring is 1. The number of methoxy groups -OCH3 is 1. The Morgan fingerprint density at radius 3 is 3.15 bits per heavy atom. The van der Waals surface area contributed by atoms with E-state index in [9.17, 15) is 0 Å². The molecular weight excluding hydrogens is 166 g/mol. The minimum absolute atomic E-state index is 0.339. The minimum Gasteiger partial charge on any atom is -0.492 e. The first-order valence-electron chi connectivity index (χ1n) is 5.26. The summed E-state index contributed by atoms with van der Waals surface area (Å²) in [5.41, 5.74) is 6.50. The molecule has 0 saturated carbocycles. The van der Waals surface area contributed by atoms with Crippen LogP contribution < -0.4 is 10.5 Å². The first-order chi connectivity index (χ1) is 7.45. The van der Waals surface area contributed by atoms with Crippen molar-refractivity contribution in [3.8, 4) is 5.75 Å². The van der Waals surface area contributed by atoms with E-state index < -0.39 is 6.98 Å². The molecule has 0 atom stereocenters. The van der Waals surface area contributed by atoms with Crippen LogP contribution in [0.25, 0.3) is 10.9 Å². The Bertz CT molecular complexity index is 533. The number of aryl methyl sites for hydroxylation is 1. The van der Waals surface area contributed by atoms with E-state index in [1.165, 1.54) is 13.3 Å².